The number of nitro groups is 1. The highest BCUT2D eigenvalue weighted by Crippen LogP contribution is 2.32. The SMILES string of the molecule is CC(C)(C)c1csc(CCNc2cccc(S(C)(=O)=O)c2[N+](=O)[O-])n1. The van der Waals surface area contributed by atoms with Gasteiger partial charge < -0.3 is 5.32 Å². The van der Waals surface area contributed by atoms with Crippen LogP contribution < -0.4 is 5.32 Å². The first-order valence-corrected chi connectivity index (χ1v) is 10.4. The smallest absolute Gasteiger partial charge is 0.310 e. The van der Waals surface area contributed by atoms with Crippen LogP contribution in [0.1, 0.15) is 31.5 Å². The monoisotopic (exact) mass is 383 g/mol. The summed E-state index contributed by atoms with van der Waals surface area (Å²) in [6.45, 7) is 6.68. The molecule has 25 heavy (non-hydrogen) atoms. The Bertz CT molecular complexity index is 883. The predicted molar refractivity (Wildman–Crippen MR) is 99.2 cm³/mol. The van der Waals surface area contributed by atoms with Crippen LogP contribution in [0.15, 0.2) is 28.5 Å². The van der Waals surface area contributed by atoms with E-state index in [0.717, 1.165) is 17.0 Å². The third kappa shape index (κ3) is 4.76. The van der Waals surface area contributed by atoms with Gasteiger partial charge in [0, 0.05) is 30.0 Å². The van der Waals surface area contributed by atoms with Crippen molar-refractivity contribution in [1.82, 2.24) is 4.98 Å². The van der Waals surface area contributed by atoms with E-state index in [1.54, 1.807) is 11.3 Å². The Balaban J connectivity index is 2.16. The lowest BCUT2D eigenvalue weighted by molar-refractivity contribution is -0.386. The molecule has 9 heteroatoms. The molecule has 2 rings (SSSR count). The number of para-hydroxylation sites is 1. The highest BCUT2D eigenvalue weighted by Gasteiger charge is 2.26. The second-order valence-corrected chi connectivity index (χ2v) is 9.66. The van der Waals surface area contributed by atoms with E-state index < -0.39 is 20.4 Å². The summed E-state index contributed by atoms with van der Waals surface area (Å²) in [5, 5.41) is 17.2. The molecular weight excluding hydrogens is 362 g/mol. The average molecular weight is 383 g/mol. The molecule has 0 radical (unpaired) electrons. The second-order valence-electron chi connectivity index (χ2n) is 6.73. The summed E-state index contributed by atoms with van der Waals surface area (Å²) in [5.41, 5.74) is 0.766. The zero-order valence-corrected chi connectivity index (χ0v) is 16.2. The lowest BCUT2D eigenvalue weighted by Gasteiger charge is -2.14. The number of aromatic nitrogens is 1. The fourth-order valence-electron chi connectivity index (χ4n) is 2.23. The first-order valence-electron chi connectivity index (χ1n) is 7.66. The average Bonchev–Trinajstić information content (AvgIpc) is 2.95. The first kappa shape index (κ1) is 19.3. The van der Waals surface area contributed by atoms with E-state index in [-0.39, 0.29) is 16.0 Å². The van der Waals surface area contributed by atoms with Crippen molar-refractivity contribution in [3.63, 3.8) is 0 Å². The van der Waals surface area contributed by atoms with Gasteiger partial charge in [-0.05, 0) is 12.1 Å². The molecule has 0 spiro atoms. The van der Waals surface area contributed by atoms with Crippen molar-refractivity contribution in [1.29, 1.82) is 0 Å². The summed E-state index contributed by atoms with van der Waals surface area (Å²) in [5.74, 6) is 0. The predicted octanol–water partition coefficient (Wildman–Crippen LogP) is 3.41. The fourth-order valence-corrected chi connectivity index (χ4v) is 4.11. The number of nitrogens with zero attached hydrogens (tertiary/aromatic N) is 2. The molecule has 0 bridgehead atoms. The Hall–Kier alpha value is -2.00. The van der Waals surface area contributed by atoms with Crippen molar-refractivity contribution >= 4 is 32.5 Å². The maximum atomic E-state index is 11.8. The minimum Gasteiger partial charge on any atom is -0.379 e. The van der Waals surface area contributed by atoms with E-state index in [0.29, 0.717) is 13.0 Å². The van der Waals surface area contributed by atoms with E-state index in [4.69, 9.17) is 0 Å². The molecule has 0 aliphatic carbocycles. The van der Waals surface area contributed by atoms with Gasteiger partial charge in [-0.3, -0.25) is 10.1 Å². The lowest BCUT2D eigenvalue weighted by atomic mass is 9.93. The minimum absolute atomic E-state index is 0.0230. The van der Waals surface area contributed by atoms with Crippen molar-refractivity contribution in [2.24, 2.45) is 0 Å². The molecular formula is C16H21N3O4S2. The van der Waals surface area contributed by atoms with Crippen LogP contribution in [0.4, 0.5) is 11.4 Å². The van der Waals surface area contributed by atoms with E-state index >= 15 is 0 Å². The topological polar surface area (TPSA) is 102 Å². The number of thiazole rings is 1. The molecule has 7 nitrogen and oxygen atoms in total. The van der Waals surface area contributed by atoms with Crippen molar-refractivity contribution in [2.75, 3.05) is 18.1 Å². The normalized spacial score (nSPS) is 12.2. The second kappa shape index (κ2) is 7.09. The Kier molecular flexibility index (Phi) is 5.48. The third-order valence-corrected chi connectivity index (χ3v) is 5.59. The molecule has 1 N–H and O–H groups in total. The Labute approximate surface area is 151 Å². The van der Waals surface area contributed by atoms with Crippen molar-refractivity contribution in [2.45, 2.75) is 37.5 Å². The standard InChI is InChI=1S/C16H21N3O4S2/c1-16(2,3)13-10-24-14(18-13)8-9-17-11-6-5-7-12(25(4,22)23)15(11)19(20)21/h5-7,10,17H,8-9H2,1-4H3. The van der Waals surface area contributed by atoms with E-state index in [1.165, 1.54) is 18.2 Å². The molecule has 2 aromatic rings. The maximum absolute atomic E-state index is 11.8. The number of anilines is 1. The molecule has 0 unspecified atom stereocenters. The van der Waals surface area contributed by atoms with Crippen molar-refractivity contribution in [3.05, 3.63) is 44.4 Å². The largest absolute Gasteiger partial charge is 0.379 e. The highest BCUT2D eigenvalue weighted by molar-refractivity contribution is 7.90. The molecule has 0 aliphatic heterocycles. The summed E-state index contributed by atoms with van der Waals surface area (Å²) in [6, 6.07) is 4.25. The number of sulfone groups is 1. The van der Waals surface area contributed by atoms with E-state index in [2.05, 4.69) is 31.1 Å². The van der Waals surface area contributed by atoms with Gasteiger partial charge in [0.1, 0.15) is 10.6 Å². The number of nitro benzene ring substituents is 1. The highest BCUT2D eigenvalue weighted by atomic mass is 32.2. The minimum atomic E-state index is -3.68. The third-order valence-electron chi connectivity index (χ3n) is 3.56. The van der Waals surface area contributed by atoms with Crippen LogP contribution in [0.3, 0.4) is 0 Å². The molecule has 0 fully saturated rings. The van der Waals surface area contributed by atoms with Crippen LogP contribution in [-0.4, -0.2) is 31.1 Å². The van der Waals surface area contributed by atoms with E-state index in [9.17, 15) is 18.5 Å². The number of hydrogen-bond acceptors (Lipinski definition) is 7. The molecule has 0 aliphatic rings. The number of benzene rings is 1. The van der Waals surface area contributed by atoms with Crippen molar-refractivity contribution in [3.8, 4) is 0 Å². The summed E-state index contributed by atoms with van der Waals surface area (Å²) in [7, 11) is -3.68. The zero-order valence-electron chi connectivity index (χ0n) is 14.6. The number of nitrogens with one attached hydrogen (secondary N) is 1. The van der Waals surface area contributed by atoms with Gasteiger partial charge in [0.15, 0.2) is 9.84 Å². The quantitative estimate of drug-likeness (QED) is 0.606. The summed E-state index contributed by atoms with van der Waals surface area (Å²) in [6.07, 6.45) is 1.56. The van der Waals surface area contributed by atoms with Gasteiger partial charge in [-0.25, -0.2) is 13.4 Å². The Morgan fingerprint density at radius 2 is 2.00 bits per heavy atom. The molecule has 0 amide bonds. The lowest BCUT2D eigenvalue weighted by Crippen LogP contribution is -2.12. The van der Waals surface area contributed by atoms with Gasteiger partial charge in [0.05, 0.1) is 15.6 Å². The van der Waals surface area contributed by atoms with Crippen LogP contribution in [0.2, 0.25) is 0 Å². The zero-order chi connectivity index (χ0) is 18.8. The fraction of sp³-hybridized carbons (Fsp3) is 0.438. The van der Waals surface area contributed by atoms with Crippen LogP contribution in [-0.2, 0) is 21.7 Å². The van der Waals surface area contributed by atoms with Crippen LogP contribution in [0, 0.1) is 10.1 Å². The van der Waals surface area contributed by atoms with Gasteiger partial charge in [-0.1, -0.05) is 26.8 Å². The Morgan fingerprint density at radius 1 is 1.32 bits per heavy atom. The molecule has 1 aromatic heterocycles. The van der Waals surface area contributed by atoms with Crippen molar-refractivity contribution < 1.29 is 13.3 Å². The molecule has 0 atom stereocenters. The van der Waals surface area contributed by atoms with E-state index in [1.807, 2.05) is 5.38 Å². The number of hydrogen-bond donors (Lipinski definition) is 1. The van der Waals surface area contributed by atoms with Gasteiger partial charge in [-0.2, -0.15) is 0 Å². The molecule has 1 aromatic carbocycles. The van der Waals surface area contributed by atoms with Crippen LogP contribution in [0.5, 0.6) is 0 Å². The summed E-state index contributed by atoms with van der Waals surface area (Å²) >= 11 is 1.55. The molecule has 0 saturated carbocycles. The van der Waals surface area contributed by atoms with Crippen LogP contribution in [0.25, 0.3) is 0 Å². The van der Waals surface area contributed by atoms with Gasteiger partial charge in [0.2, 0.25) is 0 Å². The molecule has 0 saturated heterocycles. The van der Waals surface area contributed by atoms with Gasteiger partial charge in [0.25, 0.3) is 0 Å². The summed E-state index contributed by atoms with van der Waals surface area (Å²) < 4.78 is 23.5. The maximum Gasteiger partial charge on any atom is 0.310 e. The molecule has 1 heterocycles. The Morgan fingerprint density at radius 3 is 2.52 bits per heavy atom. The molecule has 136 valence electrons. The first-order chi connectivity index (χ1) is 11.5. The van der Waals surface area contributed by atoms with Gasteiger partial charge in [-0.15, -0.1) is 11.3 Å². The summed E-state index contributed by atoms with van der Waals surface area (Å²) in [4.78, 5) is 15.0. The number of rotatable bonds is 6. The van der Waals surface area contributed by atoms with Gasteiger partial charge >= 0.3 is 5.69 Å². The van der Waals surface area contributed by atoms with Crippen LogP contribution >= 0.6 is 11.3 Å².